The largest absolute Gasteiger partial charge is 0.393 e. The summed E-state index contributed by atoms with van der Waals surface area (Å²) in [4.78, 5) is 12.0. The second-order valence-electron chi connectivity index (χ2n) is 5.66. The van der Waals surface area contributed by atoms with E-state index in [1.54, 1.807) is 0 Å². The summed E-state index contributed by atoms with van der Waals surface area (Å²) in [5.74, 6) is -0.0972. The summed E-state index contributed by atoms with van der Waals surface area (Å²) in [6.45, 7) is 0. The van der Waals surface area contributed by atoms with Crippen LogP contribution in [0.2, 0.25) is 0 Å². The summed E-state index contributed by atoms with van der Waals surface area (Å²) in [6.07, 6.45) is 4.56. The summed E-state index contributed by atoms with van der Waals surface area (Å²) in [6, 6.07) is 9.65. The van der Waals surface area contributed by atoms with Crippen LogP contribution in [0, 0.1) is 0 Å². The van der Waals surface area contributed by atoms with E-state index in [4.69, 9.17) is 5.73 Å². The number of nitrogens with one attached hydrogen (secondary N) is 1. The van der Waals surface area contributed by atoms with Crippen molar-refractivity contribution in [1.29, 1.82) is 0 Å². The molecule has 4 nitrogen and oxygen atoms in total. The van der Waals surface area contributed by atoms with Gasteiger partial charge in [0.05, 0.1) is 12.1 Å². The maximum Gasteiger partial charge on any atom is 0.237 e. The molecule has 2 rings (SSSR count). The van der Waals surface area contributed by atoms with E-state index in [9.17, 15) is 9.90 Å². The standard InChI is InChI=1S/C16H24N2O2/c17-15(10-9-12-5-2-1-3-6-12)16(20)18-13-7-4-8-14(19)11-13/h1-3,5-6,13-15,19H,4,7-11,17H2,(H,18,20)/t13?,14?,15-/m0/s1. The van der Waals surface area contributed by atoms with Crippen molar-refractivity contribution in [3.05, 3.63) is 35.9 Å². The van der Waals surface area contributed by atoms with Gasteiger partial charge in [-0.1, -0.05) is 30.3 Å². The summed E-state index contributed by atoms with van der Waals surface area (Å²) in [7, 11) is 0. The van der Waals surface area contributed by atoms with Crippen molar-refractivity contribution in [3.63, 3.8) is 0 Å². The topological polar surface area (TPSA) is 75.4 Å². The molecule has 1 saturated carbocycles. The number of nitrogens with two attached hydrogens (primary N) is 1. The molecule has 0 heterocycles. The maximum absolute atomic E-state index is 12.0. The van der Waals surface area contributed by atoms with Crippen LogP contribution in [0.15, 0.2) is 30.3 Å². The first kappa shape index (κ1) is 15.0. The van der Waals surface area contributed by atoms with E-state index in [0.717, 1.165) is 25.7 Å². The highest BCUT2D eigenvalue weighted by Crippen LogP contribution is 2.18. The molecule has 1 aromatic carbocycles. The van der Waals surface area contributed by atoms with Crippen molar-refractivity contribution in [3.8, 4) is 0 Å². The van der Waals surface area contributed by atoms with Crippen molar-refractivity contribution in [2.75, 3.05) is 0 Å². The summed E-state index contributed by atoms with van der Waals surface area (Å²) >= 11 is 0. The molecule has 4 N–H and O–H groups in total. The molecule has 0 saturated heterocycles. The molecule has 0 bridgehead atoms. The number of aliphatic hydroxyl groups is 1. The van der Waals surface area contributed by atoms with E-state index in [0.29, 0.717) is 12.8 Å². The van der Waals surface area contributed by atoms with Gasteiger partial charge in [-0.3, -0.25) is 4.79 Å². The van der Waals surface area contributed by atoms with Gasteiger partial charge in [0, 0.05) is 6.04 Å². The van der Waals surface area contributed by atoms with E-state index in [1.165, 1.54) is 5.56 Å². The van der Waals surface area contributed by atoms with Crippen molar-refractivity contribution < 1.29 is 9.90 Å². The van der Waals surface area contributed by atoms with Gasteiger partial charge in [-0.2, -0.15) is 0 Å². The lowest BCUT2D eigenvalue weighted by Gasteiger charge is -2.27. The summed E-state index contributed by atoms with van der Waals surface area (Å²) in [5, 5.41) is 12.6. The van der Waals surface area contributed by atoms with Gasteiger partial charge in [-0.15, -0.1) is 0 Å². The second-order valence-corrected chi connectivity index (χ2v) is 5.66. The molecule has 0 radical (unpaired) electrons. The fraction of sp³-hybridized carbons (Fsp3) is 0.562. The van der Waals surface area contributed by atoms with Gasteiger partial charge in [0.25, 0.3) is 0 Å². The van der Waals surface area contributed by atoms with Gasteiger partial charge in [-0.05, 0) is 44.1 Å². The Balaban J connectivity index is 1.74. The lowest BCUT2D eigenvalue weighted by molar-refractivity contribution is -0.123. The fourth-order valence-electron chi connectivity index (χ4n) is 2.70. The monoisotopic (exact) mass is 276 g/mol. The molecule has 110 valence electrons. The van der Waals surface area contributed by atoms with E-state index in [2.05, 4.69) is 5.32 Å². The molecule has 20 heavy (non-hydrogen) atoms. The zero-order valence-corrected chi connectivity index (χ0v) is 11.8. The number of carbonyl (C=O) groups excluding carboxylic acids is 1. The lowest BCUT2D eigenvalue weighted by Crippen LogP contribution is -2.47. The minimum absolute atomic E-state index is 0.0778. The van der Waals surface area contributed by atoms with Crippen LogP contribution in [0.3, 0.4) is 0 Å². The highest BCUT2D eigenvalue weighted by molar-refractivity contribution is 5.81. The van der Waals surface area contributed by atoms with Gasteiger partial charge in [0.15, 0.2) is 0 Å². The Kier molecular flexibility index (Phi) is 5.56. The third kappa shape index (κ3) is 4.62. The normalized spacial score (nSPS) is 24.1. The van der Waals surface area contributed by atoms with Crippen LogP contribution < -0.4 is 11.1 Å². The minimum atomic E-state index is -0.478. The molecule has 0 aromatic heterocycles. The third-order valence-electron chi connectivity index (χ3n) is 3.92. The molecule has 0 aliphatic heterocycles. The molecule has 3 atom stereocenters. The highest BCUT2D eigenvalue weighted by Gasteiger charge is 2.23. The predicted molar refractivity (Wildman–Crippen MR) is 79.1 cm³/mol. The van der Waals surface area contributed by atoms with Crippen LogP contribution in [-0.4, -0.2) is 29.2 Å². The van der Waals surface area contributed by atoms with E-state index in [-0.39, 0.29) is 18.1 Å². The Hall–Kier alpha value is -1.39. The number of aryl methyl sites for hydroxylation is 1. The zero-order chi connectivity index (χ0) is 14.4. The van der Waals surface area contributed by atoms with E-state index < -0.39 is 6.04 Å². The van der Waals surface area contributed by atoms with Crippen LogP contribution in [-0.2, 0) is 11.2 Å². The predicted octanol–water partition coefficient (Wildman–Crippen LogP) is 1.37. The molecular weight excluding hydrogens is 252 g/mol. The number of amides is 1. The van der Waals surface area contributed by atoms with Gasteiger partial charge >= 0.3 is 0 Å². The summed E-state index contributed by atoms with van der Waals surface area (Å²) < 4.78 is 0. The van der Waals surface area contributed by atoms with E-state index >= 15 is 0 Å². The molecule has 0 spiro atoms. The molecule has 4 heteroatoms. The van der Waals surface area contributed by atoms with Gasteiger partial charge in [0.1, 0.15) is 0 Å². The van der Waals surface area contributed by atoms with Crippen LogP contribution in [0.1, 0.15) is 37.7 Å². The Morgan fingerprint density at radius 1 is 1.35 bits per heavy atom. The molecule has 1 aliphatic carbocycles. The fourth-order valence-corrected chi connectivity index (χ4v) is 2.70. The number of benzene rings is 1. The smallest absolute Gasteiger partial charge is 0.237 e. The molecule has 2 unspecified atom stereocenters. The first-order chi connectivity index (χ1) is 9.65. The van der Waals surface area contributed by atoms with Gasteiger partial charge < -0.3 is 16.2 Å². The van der Waals surface area contributed by atoms with Crippen LogP contribution >= 0.6 is 0 Å². The number of hydrogen-bond acceptors (Lipinski definition) is 3. The van der Waals surface area contributed by atoms with Gasteiger partial charge in [-0.25, -0.2) is 0 Å². The Morgan fingerprint density at radius 3 is 2.80 bits per heavy atom. The Morgan fingerprint density at radius 2 is 2.10 bits per heavy atom. The SMILES string of the molecule is N[C@@H](CCc1ccccc1)C(=O)NC1CCCC(O)C1. The Labute approximate surface area is 120 Å². The molecule has 1 aliphatic rings. The second kappa shape index (κ2) is 7.41. The minimum Gasteiger partial charge on any atom is -0.393 e. The summed E-state index contributed by atoms with van der Waals surface area (Å²) in [5.41, 5.74) is 7.14. The third-order valence-corrected chi connectivity index (χ3v) is 3.92. The van der Waals surface area contributed by atoms with Crippen LogP contribution in [0.25, 0.3) is 0 Å². The first-order valence-corrected chi connectivity index (χ1v) is 7.43. The van der Waals surface area contributed by atoms with Gasteiger partial charge in [0.2, 0.25) is 5.91 Å². The Bertz CT molecular complexity index is 422. The lowest BCUT2D eigenvalue weighted by atomic mass is 9.92. The van der Waals surface area contributed by atoms with E-state index in [1.807, 2.05) is 30.3 Å². The average molecular weight is 276 g/mol. The van der Waals surface area contributed by atoms with Crippen LogP contribution in [0.5, 0.6) is 0 Å². The van der Waals surface area contributed by atoms with Crippen molar-refractivity contribution in [2.45, 2.75) is 56.7 Å². The highest BCUT2D eigenvalue weighted by atomic mass is 16.3. The number of carbonyl (C=O) groups is 1. The first-order valence-electron chi connectivity index (χ1n) is 7.43. The molecule has 1 amide bonds. The molecule has 1 fully saturated rings. The average Bonchev–Trinajstić information content (AvgIpc) is 2.46. The maximum atomic E-state index is 12.0. The van der Waals surface area contributed by atoms with Crippen molar-refractivity contribution >= 4 is 5.91 Å². The quantitative estimate of drug-likeness (QED) is 0.760. The number of hydrogen-bond donors (Lipinski definition) is 3. The van der Waals surface area contributed by atoms with Crippen molar-refractivity contribution in [1.82, 2.24) is 5.32 Å². The molecule has 1 aromatic rings. The van der Waals surface area contributed by atoms with Crippen LogP contribution in [0.4, 0.5) is 0 Å². The zero-order valence-electron chi connectivity index (χ0n) is 11.8. The van der Waals surface area contributed by atoms with Crippen molar-refractivity contribution in [2.24, 2.45) is 5.73 Å². The number of rotatable bonds is 5. The number of aliphatic hydroxyl groups excluding tert-OH is 1. The molecular formula is C16H24N2O2.